The summed E-state index contributed by atoms with van der Waals surface area (Å²) in [5.74, 6) is 0.800. The van der Waals surface area contributed by atoms with Crippen LogP contribution in [0.5, 0.6) is 5.75 Å². The molecule has 0 aliphatic rings. The van der Waals surface area contributed by atoms with E-state index in [0.29, 0.717) is 6.61 Å². The zero-order chi connectivity index (χ0) is 13.8. The van der Waals surface area contributed by atoms with Crippen molar-refractivity contribution in [3.63, 3.8) is 0 Å². The van der Waals surface area contributed by atoms with Crippen molar-refractivity contribution in [2.24, 2.45) is 0 Å². The third-order valence-corrected chi connectivity index (χ3v) is 3.78. The van der Waals surface area contributed by atoms with Crippen LogP contribution < -0.4 is 10.5 Å². The Morgan fingerprint density at radius 3 is 2.50 bits per heavy atom. The number of nitrogens with two attached hydrogens (primary N) is 1. The summed E-state index contributed by atoms with van der Waals surface area (Å²) in [7, 11) is 0. The van der Waals surface area contributed by atoms with E-state index in [9.17, 15) is 0 Å². The van der Waals surface area contributed by atoms with Gasteiger partial charge in [-0.15, -0.1) is 11.3 Å². The number of nitrogen functional groups attached to an aromatic ring is 1. The van der Waals surface area contributed by atoms with Gasteiger partial charge in [-0.05, 0) is 24.3 Å². The van der Waals surface area contributed by atoms with Gasteiger partial charge in [0.15, 0.2) is 0 Å². The molecule has 0 bridgehead atoms. The number of ether oxygens (including phenoxy) is 1. The lowest BCUT2D eigenvalue weighted by atomic mass is 10.2. The molecule has 0 fully saturated rings. The molecule has 4 heteroatoms. The van der Waals surface area contributed by atoms with Crippen LogP contribution in [0.2, 0.25) is 0 Å². The molecule has 0 amide bonds. The van der Waals surface area contributed by atoms with Crippen LogP contribution in [-0.2, 0) is 6.61 Å². The molecule has 100 valence electrons. The number of rotatable bonds is 4. The van der Waals surface area contributed by atoms with Crippen molar-refractivity contribution < 1.29 is 4.74 Å². The Morgan fingerprint density at radius 1 is 1.00 bits per heavy atom. The number of aromatic nitrogens is 1. The molecule has 0 saturated carbocycles. The molecule has 0 aliphatic carbocycles. The molecule has 0 saturated heterocycles. The Hall–Kier alpha value is -2.33. The number of nitrogens with zero attached hydrogens (tertiary/aromatic N) is 1. The van der Waals surface area contributed by atoms with Gasteiger partial charge in [0.1, 0.15) is 17.4 Å². The van der Waals surface area contributed by atoms with Crippen molar-refractivity contribution >= 4 is 17.0 Å². The lowest BCUT2D eigenvalue weighted by Crippen LogP contribution is -1.96. The van der Waals surface area contributed by atoms with Gasteiger partial charge in [-0.2, -0.15) is 0 Å². The summed E-state index contributed by atoms with van der Waals surface area (Å²) in [4.78, 5) is 4.58. The molecule has 0 aliphatic heterocycles. The molecule has 0 spiro atoms. The number of anilines is 1. The number of hydrogen-bond donors (Lipinski definition) is 1. The summed E-state index contributed by atoms with van der Waals surface area (Å²) in [6.45, 7) is 0.466. The fraction of sp³-hybridized carbons (Fsp3) is 0.0625. The van der Waals surface area contributed by atoms with Crippen LogP contribution in [-0.4, -0.2) is 4.98 Å². The van der Waals surface area contributed by atoms with Crippen LogP contribution in [0.25, 0.3) is 10.6 Å². The van der Waals surface area contributed by atoms with Gasteiger partial charge < -0.3 is 10.5 Å². The second kappa shape index (κ2) is 5.75. The maximum absolute atomic E-state index is 5.68. The van der Waals surface area contributed by atoms with Gasteiger partial charge >= 0.3 is 0 Å². The molecule has 3 aromatic rings. The van der Waals surface area contributed by atoms with E-state index in [4.69, 9.17) is 10.5 Å². The minimum Gasteiger partial charge on any atom is -0.487 e. The zero-order valence-corrected chi connectivity index (χ0v) is 11.6. The Bertz CT molecular complexity index is 677. The fourth-order valence-corrected chi connectivity index (χ4v) is 2.62. The van der Waals surface area contributed by atoms with E-state index < -0.39 is 0 Å². The SMILES string of the molecule is Nc1ccc(OCc2csc(-c3ccccc3)n2)cc1. The first-order chi connectivity index (χ1) is 9.81. The van der Waals surface area contributed by atoms with E-state index in [2.05, 4.69) is 17.1 Å². The lowest BCUT2D eigenvalue weighted by Gasteiger charge is -2.04. The minimum absolute atomic E-state index is 0.466. The minimum atomic E-state index is 0.466. The summed E-state index contributed by atoms with van der Waals surface area (Å²) < 4.78 is 5.68. The predicted molar refractivity (Wildman–Crippen MR) is 82.7 cm³/mol. The molecule has 0 unspecified atom stereocenters. The summed E-state index contributed by atoms with van der Waals surface area (Å²) in [6, 6.07) is 17.5. The van der Waals surface area contributed by atoms with Crippen LogP contribution in [0.15, 0.2) is 60.0 Å². The van der Waals surface area contributed by atoms with Crippen molar-refractivity contribution in [2.45, 2.75) is 6.61 Å². The van der Waals surface area contributed by atoms with Crippen LogP contribution >= 0.6 is 11.3 Å². The van der Waals surface area contributed by atoms with Crippen LogP contribution in [0, 0.1) is 0 Å². The molecule has 0 atom stereocenters. The van der Waals surface area contributed by atoms with Crippen LogP contribution in [0.3, 0.4) is 0 Å². The third-order valence-electron chi connectivity index (χ3n) is 2.84. The Kier molecular flexibility index (Phi) is 3.65. The van der Waals surface area contributed by atoms with E-state index in [0.717, 1.165) is 27.7 Å². The summed E-state index contributed by atoms with van der Waals surface area (Å²) in [5.41, 5.74) is 8.44. The molecule has 1 aromatic heterocycles. The van der Waals surface area contributed by atoms with Gasteiger partial charge in [0.05, 0.1) is 5.69 Å². The first-order valence-electron chi connectivity index (χ1n) is 6.29. The monoisotopic (exact) mass is 282 g/mol. The maximum Gasteiger partial charge on any atom is 0.131 e. The predicted octanol–water partition coefficient (Wildman–Crippen LogP) is 3.97. The van der Waals surface area contributed by atoms with Crippen molar-refractivity contribution in [3.05, 3.63) is 65.7 Å². The lowest BCUT2D eigenvalue weighted by molar-refractivity contribution is 0.302. The molecule has 2 N–H and O–H groups in total. The number of benzene rings is 2. The van der Waals surface area contributed by atoms with Gasteiger partial charge in [-0.25, -0.2) is 4.98 Å². The maximum atomic E-state index is 5.68. The van der Waals surface area contributed by atoms with Gasteiger partial charge in [0.25, 0.3) is 0 Å². The van der Waals surface area contributed by atoms with Gasteiger partial charge in [-0.3, -0.25) is 0 Å². The average molecular weight is 282 g/mol. The van der Waals surface area contributed by atoms with E-state index in [1.54, 1.807) is 11.3 Å². The second-order valence-electron chi connectivity index (χ2n) is 4.37. The quantitative estimate of drug-likeness (QED) is 0.736. The van der Waals surface area contributed by atoms with Crippen molar-refractivity contribution in [3.8, 4) is 16.3 Å². The fourth-order valence-electron chi connectivity index (χ4n) is 1.81. The van der Waals surface area contributed by atoms with Crippen LogP contribution in [0.1, 0.15) is 5.69 Å². The average Bonchev–Trinajstić information content (AvgIpc) is 2.97. The molecule has 1 heterocycles. The van der Waals surface area contributed by atoms with Crippen LogP contribution in [0.4, 0.5) is 5.69 Å². The first kappa shape index (κ1) is 12.7. The zero-order valence-electron chi connectivity index (χ0n) is 10.8. The van der Waals surface area contributed by atoms with E-state index >= 15 is 0 Å². The normalized spacial score (nSPS) is 10.4. The highest BCUT2D eigenvalue weighted by molar-refractivity contribution is 7.13. The standard InChI is InChI=1S/C16H14N2OS/c17-13-6-8-15(9-7-13)19-10-14-11-20-16(18-14)12-4-2-1-3-5-12/h1-9,11H,10,17H2. The molecular formula is C16H14N2OS. The Balaban J connectivity index is 1.67. The van der Waals surface area contributed by atoms with Gasteiger partial charge in [0, 0.05) is 16.6 Å². The number of thiazole rings is 1. The Morgan fingerprint density at radius 2 is 1.75 bits per heavy atom. The van der Waals surface area contributed by atoms with Crippen molar-refractivity contribution in [1.82, 2.24) is 4.98 Å². The van der Waals surface area contributed by atoms with E-state index in [1.807, 2.05) is 47.8 Å². The van der Waals surface area contributed by atoms with Crippen molar-refractivity contribution in [1.29, 1.82) is 0 Å². The molecule has 2 aromatic carbocycles. The summed E-state index contributed by atoms with van der Waals surface area (Å²) in [5, 5.41) is 3.04. The summed E-state index contributed by atoms with van der Waals surface area (Å²) in [6.07, 6.45) is 0. The number of hydrogen-bond acceptors (Lipinski definition) is 4. The van der Waals surface area contributed by atoms with Gasteiger partial charge in [0.2, 0.25) is 0 Å². The second-order valence-corrected chi connectivity index (χ2v) is 5.23. The van der Waals surface area contributed by atoms with E-state index in [-0.39, 0.29) is 0 Å². The third kappa shape index (κ3) is 2.97. The molecule has 20 heavy (non-hydrogen) atoms. The smallest absolute Gasteiger partial charge is 0.131 e. The van der Waals surface area contributed by atoms with Gasteiger partial charge in [-0.1, -0.05) is 30.3 Å². The Labute approximate surface area is 121 Å². The topological polar surface area (TPSA) is 48.1 Å². The van der Waals surface area contributed by atoms with E-state index in [1.165, 1.54) is 0 Å². The summed E-state index contributed by atoms with van der Waals surface area (Å²) >= 11 is 1.63. The molecule has 3 rings (SSSR count). The molecular weight excluding hydrogens is 268 g/mol. The largest absolute Gasteiger partial charge is 0.487 e. The highest BCUT2D eigenvalue weighted by Gasteiger charge is 2.04. The van der Waals surface area contributed by atoms with Crippen molar-refractivity contribution in [2.75, 3.05) is 5.73 Å². The molecule has 0 radical (unpaired) electrons. The highest BCUT2D eigenvalue weighted by atomic mass is 32.1. The highest BCUT2D eigenvalue weighted by Crippen LogP contribution is 2.24. The first-order valence-corrected chi connectivity index (χ1v) is 7.17. The molecule has 3 nitrogen and oxygen atoms in total.